The molecule has 1 aromatic rings. The van der Waals surface area contributed by atoms with Crippen LogP contribution in [-0.2, 0) is 0 Å². The van der Waals surface area contributed by atoms with Gasteiger partial charge >= 0.3 is 0 Å². The van der Waals surface area contributed by atoms with Gasteiger partial charge in [-0.1, -0.05) is 46.0 Å². The van der Waals surface area contributed by atoms with Gasteiger partial charge in [-0.25, -0.2) is 4.39 Å². The lowest BCUT2D eigenvalue weighted by Crippen LogP contribution is -2.46. The first-order chi connectivity index (χ1) is 7.16. The van der Waals surface area contributed by atoms with Crippen LogP contribution < -0.4 is 0 Å². The number of rotatable bonds is 2. The van der Waals surface area contributed by atoms with Crippen LogP contribution in [0.5, 0.6) is 0 Å². The zero-order chi connectivity index (χ0) is 12.6. The Hall–Kier alpha value is -0.963. The third kappa shape index (κ3) is 2.40. The van der Waals surface area contributed by atoms with E-state index >= 15 is 0 Å². The maximum atomic E-state index is 13.1. The van der Waals surface area contributed by atoms with Gasteiger partial charge in [-0.2, -0.15) is 0 Å². The highest BCUT2D eigenvalue weighted by molar-refractivity contribution is 7.08. The number of hydrogen-bond acceptors (Lipinski definition) is 1. The van der Waals surface area contributed by atoms with E-state index in [9.17, 15) is 9.18 Å². The fraction of sp³-hybridized carbons (Fsp3) is 0.462. The van der Waals surface area contributed by atoms with Crippen molar-refractivity contribution in [2.24, 2.45) is 0 Å². The maximum Gasteiger partial charge on any atom is 0.140 e. The summed E-state index contributed by atoms with van der Waals surface area (Å²) in [6.07, 6.45) is 0. The van der Waals surface area contributed by atoms with Gasteiger partial charge in [0, 0.05) is 5.56 Å². The van der Waals surface area contributed by atoms with E-state index in [1.807, 2.05) is 13.1 Å². The molecule has 0 saturated carbocycles. The molecule has 0 amide bonds. The summed E-state index contributed by atoms with van der Waals surface area (Å²) < 4.78 is 13.1. The zero-order valence-electron chi connectivity index (χ0n) is 10.6. The average Bonchev–Trinajstić information content (AvgIpc) is 2.14. The summed E-state index contributed by atoms with van der Waals surface area (Å²) in [5.74, 6) is -0.343. The van der Waals surface area contributed by atoms with E-state index in [0.717, 1.165) is 0 Å². The fourth-order valence-corrected chi connectivity index (χ4v) is 2.89. The molecule has 0 radical (unpaired) electrons. The molecule has 0 aliphatic rings. The third-order valence-electron chi connectivity index (χ3n) is 3.53. The van der Waals surface area contributed by atoms with Gasteiger partial charge in [0.25, 0.3) is 0 Å². The number of carbonyl (C=O) groups is 1. The summed E-state index contributed by atoms with van der Waals surface area (Å²) >= 11 is 0. The van der Waals surface area contributed by atoms with Crippen molar-refractivity contribution < 1.29 is 9.18 Å². The molecule has 0 unspecified atom stereocenters. The standard InChI is InChI=1S/C13H19FOSi/c1-13(2,3)16(4,5)12(15)10-7-6-8-11(14)9-10/h6-9H,1-5H3. The van der Waals surface area contributed by atoms with Crippen molar-refractivity contribution in [3.63, 3.8) is 0 Å². The summed E-state index contributed by atoms with van der Waals surface area (Å²) in [5, 5.41) is 0.107. The summed E-state index contributed by atoms with van der Waals surface area (Å²) in [6.45, 7) is 10.3. The van der Waals surface area contributed by atoms with Crippen molar-refractivity contribution in [3.05, 3.63) is 35.6 Å². The number of hydrogen-bond donors (Lipinski definition) is 0. The molecular weight excluding hydrogens is 219 g/mol. The molecule has 1 rings (SSSR count). The monoisotopic (exact) mass is 238 g/mol. The number of carbonyl (C=O) groups excluding carboxylic acids is 1. The van der Waals surface area contributed by atoms with Crippen LogP contribution in [0.2, 0.25) is 18.1 Å². The van der Waals surface area contributed by atoms with Gasteiger partial charge in [0.1, 0.15) is 19.3 Å². The quantitative estimate of drug-likeness (QED) is 0.710. The van der Waals surface area contributed by atoms with Crippen LogP contribution >= 0.6 is 0 Å². The number of benzene rings is 1. The average molecular weight is 238 g/mol. The van der Waals surface area contributed by atoms with Crippen molar-refractivity contribution >= 4 is 13.5 Å². The van der Waals surface area contributed by atoms with E-state index in [-0.39, 0.29) is 16.3 Å². The Morgan fingerprint density at radius 3 is 2.25 bits per heavy atom. The second-order valence-electron chi connectivity index (χ2n) is 5.71. The van der Waals surface area contributed by atoms with E-state index in [0.29, 0.717) is 5.56 Å². The lowest BCUT2D eigenvalue weighted by atomic mass is 10.2. The van der Waals surface area contributed by atoms with E-state index in [2.05, 4.69) is 20.8 Å². The van der Waals surface area contributed by atoms with Crippen LogP contribution in [0, 0.1) is 5.82 Å². The largest absolute Gasteiger partial charge is 0.300 e. The highest BCUT2D eigenvalue weighted by atomic mass is 28.3. The van der Waals surface area contributed by atoms with Gasteiger partial charge in [-0.15, -0.1) is 0 Å². The minimum atomic E-state index is -2.08. The smallest absolute Gasteiger partial charge is 0.140 e. The van der Waals surface area contributed by atoms with Crippen molar-refractivity contribution in [3.8, 4) is 0 Å². The van der Waals surface area contributed by atoms with Gasteiger partial charge in [-0.05, 0) is 17.2 Å². The number of halogens is 1. The Morgan fingerprint density at radius 1 is 1.25 bits per heavy atom. The second-order valence-corrected chi connectivity index (χ2v) is 10.9. The van der Waals surface area contributed by atoms with Crippen molar-refractivity contribution in [2.45, 2.75) is 38.9 Å². The van der Waals surface area contributed by atoms with Crippen LogP contribution in [0.25, 0.3) is 0 Å². The molecule has 0 bridgehead atoms. The molecule has 3 heteroatoms. The predicted octanol–water partition coefficient (Wildman–Crippen LogP) is 4.06. The van der Waals surface area contributed by atoms with Crippen LogP contribution in [0.15, 0.2) is 24.3 Å². The molecule has 0 heterocycles. The predicted molar refractivity (Wildman–Crippen MR) is 67.9 cm³/mol. The topological polar surface area (TPSA) is 17.1 Å². The van der Waals surface area contributed by atoms with Gasteiger partial charge < -0.3 is 4.79 Å². The fourth-order valence-electron chi connectivity index (χ4n) is 1.33. The van der Waals surface area contributed by atoms with Crippen molar-refractivity contribution in [1.29, 1.82) is 0 Å². The molecule has 1 aromatic carbocycles. The van der Waals surface area contributed by atoms with Gasteiger partial charge in [0.15, 0.2) is 0 Å². The van der Waals surface area contributed by atoms with Crippen LogP contribution in [0.3, 0.4) is 0 Å². The Balaban J connectivity index is 3.12. The Bertz CT molecular complexity index is 405. The minimum Gasteiger partial charge on any atom is -0.300 e. The van der Waals surface area contributed by atoms with Gasteiger partial charge in [0.2, 0.25) is 0 Å². The molecule has 0 aliphatic carbocycles. The second kappa shape index (κ2) is 4.13. The highest BCUT2D eigenvalue weighted by Crippen LogP contribution is 2.37. The summed E-state index contributed by atoms with van der Waals surface area (Å²) in [4.78, 5) is 12.4. The van der Waals surface area contributed by atoms with Crippen LogP contribution in [-0.4, -0.2) is 13.5 Å². The molecule has 0 fully saturated rings. The molecule has 0 aromatic heterocycles. The molecule has 88 valence electrons. The summed E-state index contributed by atoms with van der Waals surface area (Å²) in [5.41, 5.74) is 0.506. The lowest BCUT2D eigenvalue weighted by Gasteiger charge is -2.35. The normalized spacial score (nSPS) is 12.6. The molecule has 16 heavy (non-hydrogen) atoms. The minimum absolute atomic E-state index is 0.0175. The SMILES string of the molecule is CC(C)(C)[Si](C)(C)C(=O)c1cccc(F)c1. The molecule has 0 saturated heterocycles. The van der Waals surface area contributed by atoms with Crippen LogP contribution in [0.1, 0.15) is 31.1 Å². The van der Waals surface area contributed by atoms with Crippen molar-refractivity contribution in [2.75, 3.05) is 0 Å². The Morgan fingerprint density at radius 2 is 1.81 bits per heavy atom. The molecule has 0 aliphatic heterocycles. The van der Waals surface area contributed by atoms with Crippen molar-refractivity contribution in [1.82, 2.24) is 0 Å². The first-order valence-corrected chi connectivity index (χ1v) is 8.46. The summed E-state index contributed by atoms with van der Waals surface area (Å²) in [6, 6.07) is 5.99. The van der Waals surface area contributed by atoms with Gasteiger partial charge in [-0.3, -0.25) is 0 Å². The lowest BCUT2D eigenvalue weighted by molar-refractivity contribution is 0.106. The first-order valence-electron chi connectivity index (χ1n) is 5.46. The zero-order valence-corrected chi connectivity index (χ0v) is 11.6. The third-order valence-corrected chi connectivity index (χ3v) is 8.70. The van der Waals surface area contributed by atoms with E-state index in [1.165, 1.54) is 12.1 Å². The highest BCUT2D eigenvalue weighted by Gasteiger charge is 2.42. The summed E-state index contributed by atoms with van der Waals surface area (Å²) in [7, 11) is -2.08. The van der Waals surface area contributed by atoms with Gasteiger partial charge in [0.05, 0.1) is 0 Å². The van der Waals surface area contributed by atoms with E-state index < -0.39 is 8.07 Å². The Kier molecular flexibility index (Phi) is 3.38. The molecule has 1 nitrogen and oxygen atoms in total. The molecule has 0 spiro atoms. The van der Waals surface area contributed by atoms with Crippen LogP contribution in [0.4, 0.5) is 4.39 Å². The molecular formula is C13H19FOSi. The van der Waals surface area contributed by atoms with E-state index in [4.69, 9.17) is 0 Å². The molecule has 0 N–H and O–H groups in total. The Labute approximate surface area is 97.7 Å². The molecule has 0 atom stereocenters. The first kappa shape index (κ1) is 13.1. The maximum absolute atomic E-state index is 13.1. The van der Waals surface area contributed by atoms with E-state index in [1.54, 1.807) is 12.1 Å².